The van der Waals surface area contributed by atoms with Crippen LogP contribution in [0.25, 0.3) is 15.7 Å². The van der Waals surface area contributed by atoms with E-state index in [0.717, 1.165) is 66.0 Å². The molecule has 4 aromatic heterocycles. The van der Waals surface area contributed by atoms with Gasteiger partial charge < -0.3 is 19.9 Å². The lowest BCUT2D eigenvalue weighted by Gasteiger charge is -2.27. The van der Waals surface area contributed by atoms with Gasteiger partial charge in [-0.1, -0.05) is 0 Å². The molecule has 0 saturated carbocycles. The fourth-order valence-corrected chi connectivity index (χ4v) is 6.14. The Morgan fingerprint density at radius 1 is 1.26 bits per heavy atom. The van der Waals surface area contributed by atoms with Crippen molar-refractivity contribution in [2.24, 2.45) is 5.92 Å². The summed E-state index contributed by atoms with van der Waals surface area (Å²) in [5, 5.41) is 8.81. The highest BCUT2D eigenvalue weighted by molar-refractivity contribution is 7.19. The molecule has 10 heteroatoms. The normalized spacial score (nSPS) is 15.5. The maximum Gasteiger partial charge on any atom is 0.225 e. The molecule has 0 saturated heterocycles. The lowest BCUT2D eigenvalue weighted by Crippen LogP contribution is -2.36. The minimum Gasteiger partial charge on any atom is -0.492 e. The number of aromatic nitrogens is 4. The maximum absolute atomic E-state index is 13.1. The largest absolute Gasteiger partial charge is 0.492 e. The van der Waals surface area contributed by atoms with Crippen LogP contribution >= 0.6 is 11.3 Å². The maximum atomic E-state index is 13.1. The number of carbonyl (C=O) groups is 1. The first-order valence-electron chi connectivity index (χ1n) is 11.9. The number of nitrogens with one attached hydrogen (secondary N) is 1. The van der Waals surface area contributed by atoms with Gasteiger partial charge in [-0.25, -0.2) is 14.5 Å². The van der Waals surface area contributed by atoms with Gasteiger partial charge in [-0.15, -0.1) is 11.3 Å². The molecule has 0 fully saturated rings. The molecule has 0 aromatic carbocycles. The number of hydrogen-bond acceptors (Lipinski definition) is 8. The van der Waals surface area contributed by atoms with Crippen molar-refractivity contribution in [1.29, 1.82) is 0 Å². The van der Waals surface area contributed by atoms with E-state index in [2.05, 4.69) is 39.4 Å². The second kappa shape index (κ2) is 9.79. The monoisotopic (exact) mass is 493 g/mol. The fourth-order valence-electron chi connectivity index (χ4n) is 4.87. The summed E-state index contributed by atoms with van der Waals surface area (Å²) < 4.78 is 7.47. The molecule has 0 radical (unpaired) electrons. The van der Waals surface area contributed by atoms with Crippen molar-refractivity contribution in [1.82, 2.24) is 29.4 Å². The summed E-state index contributed by atoms with van der Waals surface area (Å²) in [6.07, 6.45) is 8.67. The molecule has 0 aliphatic heterocycles. The van der Waals surface area contributed by atoms with Crippen LogP contribution in [0.3, 0.4) is 0 Å². The van der Waals surface area contributed by atoms with Gasteiger partial charge in [0.25, 0.3) is 0 Å². The summed E-state index contributed by atoms with van der Waals surface area (Å²) in [5.41, 5.74) is 2.96. The zero-order chi connectivity index (χ0) is 24.5. The molecule has 4 aromatic rings. The van der Waals surface area contributed by atoms with Crippen LogP contribution in [0.1, 0.15) is 23.3 Å². The molecule has 0 spiro atoms. The molecule has 35 heavy (non-hydrogen) atoms. The van der Waals surface area contributed by atoms with Gasteiger partial charge in [-0.3, -0.25) is 4.79 Å². The molecule has 0 unspecified atom stereocenters. The second-order valence-electron chi connectivity index (χ2n) is 9.31. The first kappa shape index (κ1) is 23.5. The van der Waals surface area contributed by atoms with Crippen LogP contribution in [0.4, 0.5) is 11.5 Å². The Bertz CT molecular complexity index is 1360. The van der Waals surface area contributed by atoms with Gasteiger partial charge in [-0.05, 0) is 64.0 Å². The smallest absolute Gasteiger partial charge is 0.225 e. The van der Waals surface area contributed by atoms with E-state index in [1.165, 1.54) is 10.4 Å². The first-order chi connectivity index (χ1) is 17.0. The Kier molecular flexibility index (Phi) is 6.57. The highest BCUT2D eigenvalue weighted by atomic mass is 32.1. The molecule has 4 heterocycles. The first-order valence-corrected chi connectivity index (χ1v) is 12.7. The zero-order valence-corrected chi connectivity index (χ0v) is 21.4. The van der Waals surface area contributed by atoms with Gasteiger partial charge in [-0.2, -0.15) is 5.10 Å². The van der Waals surface area contributed by atoms with Gasteiger partial charge >= 0.3 is 0 Å². The minimum absolute atomic E-state index is 0.0219. The Hall–Kier alpha value is -3.24. The predicted octanol–water partition coefficient (Wildman–Crippen LogP) is 3.61. The molecule has 1 aliphatic carbocycles. The van der Waals surface area contributed by atoms with Gasteiger partial charge in [0.05, 0.1) is 24.4 Å². The third-order valence-corrected chi connectivity index (χ3v) is 7.82. The van der Waals surface area contributed by atoms with Crippen LogP contribution in [0.2, 0.25) is 0 Å². The molecular formula is C25H31N7O2S. The Labute approximate surface area is 208 Å². The molecule has 1 atom stereocenters. The van der Waals surface area contributed by atoms with E-state index in [1.54, 1.807) is 35.5 Å². The van der Waals surface area contributed by atoms with E-state index in [4.69, 9.17) is 4.74 Å². The number of aryl methyl sites for hydroxylation is 1. The van der Waals surface area contributed by atoms with Crippen LogP contribution in [-0.2, 0) is 17.6 Å². The number of ether oxygens (including phenoxy) is 1. The van der Waals surface area contributed by atoms with Crippen LogP contribution in [0, 0.1) is 5.92 Å². The average molecular weight is 494 g/mol. The number of carbonyl (C=O) groups excluding carboxylic acids is 1. The number of rotatable bonds is 8. The summed E-state index contributed by atoms with van der Waals surface area (Å²) in [5.74, 6) is 1.74. The molecular weight excluding hydrogens is 462 g/mol. The summed E-state index contributed by atoms with van der Waals surface area (Å²) in [6, 6.07) is 3.85. The number of methoxy groups -OCH3 is 1. The highest BCUT2D eigenvalue weighted by Crippen LogP contribution is 2.41. The molecule has 1 amide bonds. The van der Waals surface area contributed by atoms with E-state index < -0.39 is 0 Å². The molecule has 1 N–H and O–H groups in total. The van der Waals surface area contributed by atoms with Gasteiger partial charge in [0.1, 0.15) is 22.5 Å². The number of amides is 1. The summed E-state index contributed by atoms with van der Waals surface area (Å²) in [7, 11) is 7.70. The van der Waals surface area contributed by atoms with Crippen LogP contribution in [0.15, 0.2) is 30.9 Å². The number of thiophene rings is 1. The van der Waals surface area contributed by atoms with E-state index in [9.17, 15) is 4.79 Å². The van der Waals surface area contributed by atoms with Gasteiger partial charge in [0.2, 0.25) is 5.91 Å². The van der Waals surface area contributed by atoms with Crippen LogP contribution in [-0.4, -0.2) is 76.6 Å². The van der Waals surface area contributed by atoms with Crippen molar-refractivity contribution in [3.8, 4) is 5.75 Å². The molecule has 0 bridgehead atoms. The minimum atomic E-state index is 0.0219. The fraction of sp³-hybridized carbons (Fsp3) is 0.440. The van der Waals surface area contributed by atoms with E-state index in [-0.39, 0.29) is 11.8 Å². The topological polar surface area (TPSA) is 87.9 Å². The SMILES string of the molecule is COc1c(Nc2ncnc3sc4c(c23)CC[C@H](C(=O)N(C)CCCN(C)C)C4)ccn2nccc12. The lowest BCUT2D eigenvalue weighted by atomic mass is 9.87. The van der Waals surface area contributed by atoms with Gasteiger partial charge in [0.15, 0.2) is 5.75 Å². The zero-order valence-electron chi connectivity index (χ0n) is 20.6. The average Bonchev–Trinajstić information content (AvgIpc) is 3.47. The summed E-state index contributed by atoms with van der Waals surface area (Å²) in [4.78, 5) is 28.5. The molecule has 5 rings (SSSR count). The third-order valence-electron chi connectivity index (χ3n) is 6.66. The van der Waals surface area contributed by atoms with Crippen LogP contribution in [0.5, 0.6) is 5.75 Å². The van der Waals surface area contributed by atoms with Crippen molar-refractivity contribution in [3.05, 3.63) is 41.3 Å². The predicted molar refractivity (Wildman–Crippen MR) is 139 cm³/mol. The number of pyridine rings is 1. The number of nitrogens with zero attached hydrogens (tertiary/aromatic N) is 6. The second-order valence-corrected chi connectivity index (χ2v) is 10.4. The van der Waals surface area contributed by atoms with Crippen molar-refractivity contribution in [2.45, 2.75) is 25.7 Å². The number of hydrogen-bond donors (Lipinski definition) is 1. The van der Waals surface area contributed by atoms with Crippen molar-refractivity contribution in [2.75, 3.05) is 46.7 Å². The van der Waals surface area contributed by atoms with Crippen molar-refractivity contribution < 1.29 is 9.53 Å². The summed E-state index contributed by atoms with van der Waals surface area (Å²) >= 11 is 1.68. The third kappa shape index (κ3) is 4.55. The quantitative estimate of drug-likeness (QED) is 0.401. The molecule has 9 nitrogen and oxygen atoms in total. The summed E-state index contributed by atoms with van der Waals surface area (Å²) in [6.45, 7) is 1.77. The van der Waals surface area contributed by atoms with Gasteiger partial charge in [0, 0.05) is 30.6 Å². The highest BCUT2D eigenvalue weighted by Gasteiger charge is 2.30. The number of anilines is 2. The Balaban J connectivity index is 1.39. The Morgan fingerprint density at radius 3 is 2.91 bits per heavy atom. The standard InChI is InChI=1S/C25H31N7O2S/c1-30(2)11-5-12-31(3)25(33)16-6-7-17-20(14-16)35-24-21(17)23(26-15-27-24)29-18-9-13-32-19(8-10-28-32)22(18)34-4/h8-10,13,15-16H,5-7,11-12,14H2,1-4H3,(H,26,27,29)/t16-/m0/s1. The van der Waals surface area contributed by atoms with Crippen molar-refractivity contribution >= 4 is 44.5 Å². The number of fused-ring (bicyclic) bond motifs is 4. The molecule has 184 valence electrons. The van der Waals surface area contributed by atoms with Crippen LogP contribution < -0.4 is 10.1 Å². The van der Waals surface area contributed by atoms with Crippen molar-refractivity contribution in [3.63, 3.8) is 0 Å². The molecule has 1 aliphatic rings. The van der Waals surface area contributed by atoms with E-state index in [1.807, 2.05) is 30.3 Å². The lowest BCUT2D eigenvalue weighted by molar-refractivity contribution is -0.134. The Morgan fingerprint density at radius 2 is 2.11 bits per heavy atom. The van der Waals surface area contributed by atoms with E-state index in [0.29, 0.717) is 5.75 Å². The van der Waals surface area contributed by atoms with E-state index >= 15 is 0 Å².